The molecule has 0 radical (unpaired) electrons. The van der Waals surface area contributed by atoms with Gasteiger partial charge in [0.15, 0.2) is 0 Å². The van der Waals surface area contributed by atoms with E-state index in [1.165, 1.54) is 12.0 Å². The summed E-state index contributed by atoms with van der Waals surface area (Å²) in [5.41, 5.74) is 1.83. The number of anilines is 2. The van der Waals surface area contributed by atoms with Gasteiger partial charge in [0.1, 0.15) is 0 Å². The van der Waals surface area contributed by atoms with Gasteiger partial charge in [-0.25, -0.2) is 4.79 Å². The Morgan fingerprint density at radius 3 is 2.22 bits per heavy atom. The van der Waals surface area contributed by atoms with Gasteiger partial charge in [-0.05, 0) is 31.2 Å². The average Bonchev–Trinajstić information content (AvgIpc) is 2.68. The van der Waals surface area contributed by atoms with E-state index in [1.54, 1.807) is 43.3 Å². The Balaban J connectivity index is 1.99. The number of nitrogens with one attached hydrogen (secondary N) is 1. The molecule has 1 aliphatic rings. The van der Waals surface area contributed by atoms with Crippen LogP contribution in [0.2, 0.25) is 0 Å². The van der Waals surface area contributed by atoms with Crippen molar-refractivity contribution in [1.82, 2.24) is 0 Å². The molecule has 6 heteroatoms. The Kier molecular flexibility index (Phi) is 5.35. The molecule has 1 heterocycles. The van der Waals surface area contributed by atoms with E-state index < -0.39 is 17.8 Å². The van der Waals surface area contributed by atoms with Crippen molar-refractivity contribution in [1.29, 1.82) is 0 Å². The highest BCUT2D eigenvalue weighted by Gasteiger charge is 2.40. The van der Waals surface area contributed by atoms with Crippen molar-refractivity contribution in [2.45, 2.75) is 13.3 Å². The minimum atomic E-state index is -0.912. The standard InChI is InChI=1S/C21H20N2O4/c1-14-19(21(26)27-2)17(20(25)22-15-9-5-3-6-10-15)13-18(24)23(14)16-11-7-4-8-12-16/h3-12,17H,13H2,1-2H3,(H,22,25)/t17-/m1/s1. The minimum absolute atomic E-state index is 0.116. The number of esters is 1. The van der Waals surface area contributed by atoms with Gasteiger partial charge in [-0.3, -0.25) is 14.5 Å². The van der Waals surface area contributed by atoms with E-state index in [9.17, 15) is 14.4 Å². The van der Waals surface area contributed by atoms with E-state index in [0.717, 1.165) is 0 Å². The fourth-order valence-electron chi connectivity index (χ4n) is 3.22. The molecule has 0 fully saturated rings. The summed E-state index contributed by atoms with van der Waals surface area (Å²) in [7, 11) is 1.26. The second-order valence-corrected chi connectivity index (χ2v) is 6.17. The molecule has 0 saturated heterocycles. The van der Waals surface area contributed by atoms with Crippen LogP contribution >= 0.6 is 0 Å². The number of ether oxygens (including phenoxy) is 1. The zero-order valence-electron chi connectivity index (χ0n) is 15.1. The molecule has 138 valence electrons. The van der Waals surface area contributed by atoms with Crippen molar-refractivity contribution in [3.63, 3.8) is 0 Å². The zero-order chi connectivity index (χ0) is 19.4. The van der Waals surface area contributed by atoms with Gasteiger partial charge in [0.2, 0.25) is 11.8 Å². The highest BCUT2D eigenvalue weighted by Crippen LogP contribution is 2.34. The first kappa shape index (κ1) is 18.4. The van der Waals surface area contributed by atoms with E-state index in [2.05, 4.69) is 5.32 Å². The lowest BCUT2D eigenvalue weighted by Crippen LogP contribution is -2.43. The topological polar surface area (TPSA) is 75.7 Å². The summed E-state index contributed by atoms with van der Waals surface area (Å²) in [6.07, 6.45) is -0.116. The number of amides is 2. The van der Waals surface area contributed by atoms with Crippen molar-refractivity contribution in [2.75, 3.05) is 17.3 Å². The predicted molar refractivity (Wildman–Crippen MR) is 102 cm³/mol. The lowest BCUT2D eigenvalue weighted by atomic mass is 9.88. The molecule has 0 saturated carbocycles. The number of allylic oxidation sites excluding steroid dienone is 1. The van der Waals surface area contributed by atoms with Gasteiger partial charge in [-0.1, -0.05) is 36.4 Å². The normalized spacial score (nSPS) is 16.9. The van der Waals surface area contributed by atoms with Crippen LogP contribution in [0.15, 0.2) is 71.9 Å². The van der Waals surface area contributed by atoms with Crippen LogP contribution in [-0.4, -0.2) is 24.9 Å². The van der Waals surface area contributed by atoms with Crippen LogP contribution in [0.5, 0.6) is 0 Å². The number of hydrogen-bond acceptors (Lipinski definition) is 4. The van der Waals surface area contributed by atoms with Crippen LogP contribution in [-0.2, 0) is 19.1 Å². The lowest BCUT2D eigenvalue weighted by molar-refractivity contribution is -0.138. The molecular weight excluding hydrogens is 344 g/mol. The molecule has 1 atom stereocenters. The van der Waals surface area contributed by atoms with Gasteiger partial charge in [-0.2, -0.15) is 0 Å². The SMILES string of the molecule is COC(=O)C1=C(C)N(c2ccccc2)C(=O)C[C@H]1C(=O)Nc1ccccc1. The van der Waals surface area contributed by atoms with E-state index in [1.807, 2.05) is 24.3 Å². The van der Waals surface area contributed by atoms with Crippen LogP contribution in [0.3, 0.4) is 0 Å². The molecule has 2 aromatic carbocycles. The molecule has 0 spiro atoms. The first-order valence-corrected chi connectivity index (χ1v) is 8.56. The third kappa shape index (κ3) is 3.74. The molecule has 0 aromatic heterocycles. The maximum atomic E-state index is 12.8. The maximum absolute atomic E-state index is 12.8. The van der Waals surface area contributed by atoms with Crippen molar-refractivity contribution in [2.24, 2.45) is 5.92 Å². The van der Waals surface area contributed by atoms with E-state index >= 15 is 0 Å². The highest BCUT2D eigenvalue weighted by molar-refractivity contribution is 6.10. The number of hydrogen-bond donors (Lipinski definition) is 1. The molecule has 3 rings (SSSR count). The summed E-state index contributed by atoms with van der Waals surface area (Å²) in [6, 6.07) is 17.9. The van der Waals surface area contributed by atoms with Gasteiger partial charge in [0.05, 0.1) is 18.6 Å². The fourth-order valence-corrected chi connectivity index (χ4v) is 3.22. The molecule has 0 unspecified atom stereocenters. The van der Waals surface area contributed by atoms with Crippen LogP contribution in [0.1, 0.15) is 13.3 Å². The molecule has 0 aliphatic carbocycles. The minimum Gasteiger partial charge on any atom is -0.466 e. The Bertz CT molecular complexity index is 891. The van der Waals surface area contributed by atoms with Crippen LogP contribution in [0.25, 0.3) is 0 Å². The van der Waals surface area contributed by atoms with Crippen LogP contribution < -0.4 is 10.2 Å². The van der Waals surface area contributed by atoms with Gasteiger partial charge in [-0.15, -0.1) is 0 Å². The molecular formula is C21H20N2O4. The third-order valence-electron chi connectivity index (χ3n) is 4.48. The Labute approximate surface area is 157 Å². The fraction of sp³-hybridized carbons (Fsp3) is 0.190. The molecule has 2 aromatic rings. The molecule has 6 nitrogen and oxygen atoms in total. The number of methoxy groups -OCH3 is 1. The van der Waals surface area contributed by atoms with Gasteiger partial charge >= 0.3 is 5.97 Å². The van der Waals surface area contributed by atoms with Gasteiger partial charge in [0, 0.05) is 23.5 Å². The molecule has 1 N–H and O–H groups in total. The predicted octanol–water partition coefficient (Wildman–Crippen LogP) is 3.13. The number of benzene rings is 2. The summed E-state index contributed by atoms with van der Waals surface area (Å²) in [5.74, 6) is -2.19. The largest absolute Gasteiger partial charge is 0.466 e. The number of carbonyl (C=O) groups is 3. The van der Waals surface area contributed by atoms with Crippen molar-refractivity contribution in [3.05, 3.63) is 71.9 Å². The summed E-state index contributed by atoms with van der Waals surface area (Å²) < 4.78 is 4.90. The maximum Gasteiger partial charge on any atom is 0.336 e. The van der Waals surface area contributed by atoms with Gasteiger partial charge in [0.25, 0.3) is 0 Å². The van der Waals surface area contributed by atoms with E-state index in [4.69, 9.17) is 4.74 Å². The Morgan fingerprint density at radius 1 is 1.04 bits per heavy atom. The molecule has 27 heavy (non-hydrogen) atoms. The highest BCUT2D eigenvalue weighted by atomic mass is 16.5. The number of para-hydroxylation sites is 2. The molecule has 2 amide bonds. The van der Waals surface area contributed by atoms with E-state index in [0.29, 0.717) is 17.1 Å². The lowest BCUT2D eigenvalue weighted by Gasteiger charge is -2.33. The number of carbonyl (C=O) groups excluding carboxylic acids is 3. The van der Waals surface area contributed by atoms with Gasteiger partial charge < -0.3 is 10.1 Å². The summed E-state index contributed by atoms with van der Waals surface area (Å²) in [6.45, 7) is 1.65. The zero-order valence-corrected chi connectivity index (χ0v) is 15.1. The first-order chi connectivity index (χ1) is 13.0. The average molecular weight is 364 g/mol. The Morgan fingerprint density at radius 2 is 1.63 bits per heavy atom. The van der Waals surface area contributed by atoms with Crippen molar-refractivity contribution in [3.8, 4) is 0 Å². The Hall–Kier alpha value is -3.41. The monoisotopic (exact) mass is 364 g/mol. The van der Waals surface area contributed by atoms with Crippen LogP contribution in [0, 0.1) is 5.92 Å². The smallest absolute Gasteiger partial charge is 0.336 e. The molecule has 0 bridgehead atoms. The third-order valence-corrected chi connectivity index (χ3v) is 4.48. The number of rotatable bonds is 4. The van der Waals surface area contributed by atoms with E-state index in [-0.39, 0.29) is 17.9 Å². The van der Waals surface area contributed by atoms with Crippen molar-refractivity contribution < 1.29 is 19.1 Å². The molecule has 1 aliphatic heterocycles. The summed E-state index contributed by atoms with van der Waals surface area (Å²) >= 11 is 0. The second-order valence-electron chi connectivity index (χ2n) is 6.17. The van der Waals surface area contributed by atoms with Crippen LogP contribution in [0.4, 0.5) is 11.4 Å². The second kappa shape index (κ2) is 7.86. The summed E-state index contributed by atoms with van der Waals surface area (Å²) in [5, 5.41) is 2.76. The quantitative estimate of drug-likeness (QED) is 0.846. The summed E-state index contributed by atoms with van der Waals surface area (Å²) in [4.78, 5) is 39.5. The number of nitrogens with zero attached hydrogens (tertiary/aromatic N) is 1. The first-order valence-electron chi connectivity index (χ1n) is 8.56. The van der Waals surface area contributed by atoms with Crippen molar-refractivity contribution >= 4 is 29.2 Å².